The Morgan fingerprint density at radius 3 is 2.68 bits per heavy atom. The summed E-state index contributed by atoms with van der Waals surface area (Å²) in [7, 11) is 0. The molecule has 25 heavy (non-hydrogen) atoms. The minimum absolute atomic E-state index is 0.0909. The number of alkyl halides is 2. The van der Waals surface area contributed by atoms with Gasteiger partial charge < -0.3 is 16.2 Å². The van der Waals surface area contributed by atoms with E-state index in [-0.39, 0.29) is 25.2 Å². The van der Waals surface area contributed by atoms with Crippen LogP contribution in [0, 0.1) is 10.8 Å². The molecule has 1 spiro atoms. The number of carboxylic acid groups (broad SMARTS) is 1. The molecule has 1 aromatic rings. The van der Waals surface area contributed by atoms with Crippen LogP contribution in [0.15, 0.2) is 11.4 Å². The average molecular weight is 372 g/mol. The SMILES string of the molecule is CC(NC(=O)[C@@H]1C[C@@]2(CN1C(=O)O)CC2(F)F)c1cc(C(=N)N)cs1. The van der Waals surface area contributed by atoms with E-state index in [1.165, 1.54) is 11.3 Å². The van der Waals surface area contributed by atoms with Crippen molar-refractivity contribution >= 4 is 29.2 Å². The molecule has 1 aliphatic carbocycles. The molecule has 0 radical (unpaired) electrons. The Labute approximate surface area is 146 Å². The number of amidine groups is 1. The van der Waals surface area contributed by atoms with Gasteiger partial charge in [-0.15, -0.1) is 11.3 Å². The molecule has 5 N–H and O–H groups in total. The summed E-state index contributed by atoms with van der Waals surface area (Å²) in [5.74, 6) is -3.59. The number of nitrogens with two attached hydrogens (primary N) is 1. The Kier molecular flexibility index (Phi) is 3.98. The molecule has 3 atom stereocenters. The highest BCUT2D eigenvalue weighted by Crippen LogP contribution is 2.66. The van der Waals surface area contributed by atoms with Gasteiger partial charge in [0.15, 0.2) is 0 Å². The fraction of sp³-hybridized carbons (Fsp3) is 0.533. The molecule has 0 bridgehead atoms. The van der Waals surface area contributed by atoms with Gasteiger partial charge in [0.25, 0.3) is 5.92 Å². The highest BCUT2D eigenvalue weighted by Gasteiger charge is 2.75. The molecule has 2 aliphatic rings. The summed E-state index contributed by atoms with van der Waals surface area (Å²) in [6.45, 7) is 1.38. The lowest BCUT2D eigenvalue weighted by atomic mass is 10.0. The summed E-state index contributed by atoms with van der Waals surface area (Å²) < 4.78 is 27.2. The van der Waals surface area contributed by atoms with Gasteiger partial charge in [-0.1, -0.05) is 0 Å². The molecule has 1 aromatic heterocycles. The van der Waals surface area contributed by atoms with Crippen LogP contribution in [0.1, 0.15) is 36.2 Å². The standard InChI is InChI=1S/C15H18F2N4O3S/c1-7(10-2-8(4-25-10)11(18)19)20-12(22)9-3-14(5-15(14,16)17)6-21(9)13(23)24/h2,4,7,9H,3,5-6H2,1H3,(H3,18,19)(H,20,22)(H,23,24)/t7?,9-,14-/m0/s1. The third-order valence-corrected chi connectivity index (χ3v) is 6.02. The number of halogens is 2. The van der Waals surface area contributed by atoms with Crippen molar-refractivity contribution in [3.05, 3.63) is 21.9 Å². The highest BCUT2D eigenvalue weighted by atomic mass is 32.1. The van der Waals surface area contributed by atoms with Crippen molar-refractivity contribution in [2.75, 3.05) is 6.54 Å². The van der Waals surface area contributed by atoms with E-state index in [2.05, 4.69) is 5.32 Å². The number of hydrogen-bond acceptors (Lipinski definition) is 4. The van der Waals surface area contributed by atoms with Crippen LogP contribution in [0.2, 0.25) is 0 Å². The van der Waals surface area contributed by atoms with Crippen molar-refractivity contribution in [2.45, 2.75) is 37.8 Å². The molecule has 136 valence electrons. The molecule has 7 nitrogen and oxygen atoms in total. The van der Waals surface area contributed by atoms with E-state index in [1.807, 2.05) is 0 Å². The molecule has 0 aromatic carbocycles. The molecule has 2 amide bonds. The van der Waals surface area contributed by atoms with Crippen LogP contribution in [0.5, 0.6) is 0 Å². The van der Waals surface area contributed by atoms with Crippen LogP contribution in [0.25, 0.3) is 0 Å². The summed E-state index contributed by atoms with van der Waals surface area (Å²) in [4.78, 5) is 25.4. The number of rotatable bonds is 4. The molecular weight excluding hydrogens is 354 g/mol. The summed E-state index contributed by atoms with van der Waals surface area (Å²) >= 11 is 1.30. The number of hydrogen-bond donors (Lipinski definition) is 4. The molecule has 2 fully saturated rings. The quantitative estimate of drug-likeness (QED) is 0.477. The van der Waals surface area contributed by atoms with Gasteiger partial charge >= 0.3 is 6.09 Å². The highest BCUT2D eigenvalue weighted by molar-refractivity contribution is 7.10. The number of carbonyl (C=O) groups is 2. The Balaban J connectivity index is 1.71. The normalized spacial score (nSPS) is 28.0. The van der Waals surface area contributed by atoms with Gasteiger partial charge in [-0.3, -0.25) is 15.1 Å². The first-order valence-corrected chi connectivity index (χ1v) is 8.55. The number of carbonyl (C=O) groups excluding carboxylic acids is 1. The minimum Gasteiger partial charge on any atom is -0.465 e. The van der Waals surface area contributed by atoms with Gasteiger partial charge in [-0.05, 0) is 19.4 Å². The molecular formula is C15H18F2N4O3S. The smallest absolute Gasteiger partial charge is 0.408 e. The van der Waals surface area contributed by atoms with Crippen molar-refractivity contribution in [1.29, 1.82) is 5.41 Å². The van der Waals surface area contributed by atoms with E-state index in [0.717, 1.165) is 9.78 Å². The number of nitrogens with zero attached hydrogens (tertiary/aromatic N) is 1. The molecule has 1 aliphatic heterocycles. The predicted octanol–water partition coefficient (Wildman–Crippen LogP) is 1.99. The zero-order valence-corrected chi connectivity index (χ0v) is 14.2. The summed E-state index contributed by atoms with van der Waals surface area (Å²) in [5, 5.41) is 21.0. The lowest BCUT2D eigenvalue weighted by molar-refractivity contribution is -0.125. The van der Waals surface area contributed by atoms with E-state index < -0.39 is 35.4 Å². The second kappa shape index (κ2) is 5.65. The van der Waals surface area contributed by atoms with Gasteiger partial charge in [0.1, 0.15) is 11.9 Å². The molecule has 1 unspecified atom stereocenters. The molecule has 3 rings (SSSR count). The fourth-order valence-electron chi connectivity index (χ4n) is 3.29. The Bertz CT molecular complexity index is 753. The van der Waals surface area contributed by atoms with Gasteiger partial charge in [0.2, 0.25) is 5.91 Å². The second-order valence-corrected chi connectivity index (χ2v) is 7.62. The number of nitrogens with one attached hydrogen (secondary N) is 2. The maximum atomic E-state index is 13.6. The number of amides is 2. The van der Waals surface area contributed by atoms with Crippen LogP contribution in [-0.4, -0.2) is 46.4 Å². The van der Waals surface area contributed by atoms with E-state index in [9.17, 15) is 23.5 Å². The van der Waals surface area contributed by atoms with Gasteiger partial charge in [-0.25, -0.2) is 13.6 Å². The van der Waals surface area contributed by atoms with Crippen molar-refractivity contribution < 1.29 is 23.5 Å². The first-order valence-electron chi connectivity index (χ1n) is 7.67. The molecule has 2 heterocycles. The van der Waals surface area contributed by atoms with Crippen LogP contribution in [-0.2, 0) is 4.79 Å². The fourth-order valence-corrected chi connectivity index (χ4v) is 4.21. The summed E-state index contributed by atoms with van der Waals surface area (Å²) in [6, 6.07) is 0.0935. The minimum atomic E-state index is -2.91. The lowest BCUT2D eigenvalue weighted by Crippen LogP contribution is -2.45. The Morgan fingerprint density at radius 2 is 2.20 bits per heavy atom. The van der Waals surface area contributed by atoms with Crippen molar-refractivity contribution in [3.8, 4) is 0 Å². The van der Waals surface area contributed by atoms with Gasteiger partial charge in [-0.2, -0.15) is 0 Å². The largest absolute Gasteiger partial charge is 0.465 e. The topological polar surface area (TPSA) is 120 Å². The van der Waals surface area contributed by atoms with Gasteiger partial charge in [0.05, 0.1) is 11.5 Å². The zero-order chi connectivity index (χ0) is 18.6. The first kappa shape index (κ1) is 17.6. The van der Waals surface area contributed by atoms with Crippen molar-refractivity contribution in [2.24, 2.45) is 11.1 Å². The van der Waals surface area contributed by atoms with E-state index in [0.29, 0.717) is 5.56 Å². The van der Waals surface area contributed by atoms with E-state index >= 15 is 0 Å². The molecule has 1 saturated heterocycles. The molecule has 10 heteroatoms. The third-order valence-electron chi connectivity index (χ3n) is 4.91. The Hall–Kier alpha value is -2.23. The zero-order valence-electron chi connectivity index (χ0n) is 13.4. The summed E-state index contributed by atoms with van der Waals surface area (Å²) in [5.41, 5.74) is 4.53. The predicted molar refractivity (Wildman–Crippen MR) is 87.0 cm³/mol. The molecule has 1 saturated carbocycles. The maximum absolute atomic E-state index is 13.6. The van der Waals surface area contributed by atoms with E-state index in [4.69, 9.17) is 11.1 Å². The van der Waals surface area contributed by atoms with Crippen molar-refractivity contribution in [3.63, 3.8) is 0 Å². The summed E-state index contributed by atoms with van der Waals surface area (Å²) in [6.07, 6.45) is -1.92. The lowest BCUT2D eigenvalue weighted by Gasteiger charge is -2.22. The maximum Gasteiger partial charge on any atom is 0.408 e. The van der Waals surface area contributed by atoms with E-state index in [1.54, 1.807) is 18.4 Å². The third kappa shape index (κ3) is 2.94. The monoisotopic (exact) mass is 372 g/mol. The van der Waals surface area contributed by atoms with Crippen LogP contribution < -0.4 is 11.1 Å². The average Bonchev–Trinajstić information content (AvgIpc) is 2.94. The van der Waals surface area contributed by atoms with Gasteiger partial charge in [0, 0.05) is 28.8 Å². The van der Waals surface area contributed by atoms with Crippen molar-refractivity contribution in [1.82, 2.24) is 10.2 Å². The second-order valence-electron chi connectivity index (χ2n) is 6.67. The Morgan fingerprint density at radius 1 is 1.56 bits per heavy atom. The number of likely N-dealkylation sites (tertiary alicyclic amines) is 1. The van der Waals surface area contributed by atoms with Crippen LogP contribution >= 0.6 is 11.3 Å². The van der Waals surface area contributed by atoms with Crippen LogP contribution in [0.3, 0.4) is 0 Å². The number of thiophene rings is 1. The number of nitrogen functional groups attached to an aromatic ring is 1. The first-order chi connectivity index (χ1) is 11.6. The van der Waals surface area contributed by atoms with Crippen LogP contribution in [0.4, 0.5) is 13.6 Å².